The van der Waals surface area contributed by atoms with E-state index in [4.69, 9.17) is 13.9 Å². The Morgan fingerprint density at radius 2 is 1.75 bits per heavy atom. The average Bonchev–Trinajstić information content (AvgIpc) is 3.28. The van der Waals surface area contributed by atoms with E-state index in [1.807, 2.05) is 0 Å². The Morgan fingerprint density at radius 3 is 2.39 bits per heavy atom. The zero-order valence-electron chi connectivity index (χ0n) is 14.5. The summed E-state index contributed by atoms with van der Waals surface area (Å²) in [6.07, 6.45) is 3.87. The molecule has 2 aromatic rings. The first-order chi connectivity index (χ1) is 13.4. The third-order valence-electron chi connectivity index (χ3n) is 4.70. The molecule has 1 aliphatic carbocycles. The smallest absolute Gasteiger partial charge is 0.349 e. The number of carbonyl (C=O) groups excluding carboxylic acids is 2. The standard InChI is InChI=1S/C19H14BrNO7/c20-11-3-5-13(15(9-11)21(24)25)16-6-4-12(26-16)10-14-17(22)27-19(28-18(14)23)7-1-2-8-19/h3-6,9-10H,1-2,7-8H2. The molecule has 1 aromatic heterocycles. The number of nitro groups is 1. The topological polar surface area (TPSA) is 109 Å². The minimum absolute atomic E-state index is 0.136. The van der Waals surface area contributed by atoms with Crippen LogP contribution in [0, 0.1) is 10.1 Å². The quantitative estimate of drug-likeness (QED) is 0.226. The fraction of sp³-hybridized carbons (Fsp3) is 0.263. The lowest BCUT2D eigenvalue weighted by Crippen LogP contribution is -2.44. The van der Waals surface area contributed by atoms with Crippen LogP contribution in [0.15, 0.2) is 44.8 Å². The number of furan rings is 1. The van der Waals surface area contributed by atoms with Crippen LogP contribution in [-0.4, -0.2) is 22.6 Å². The first-order valence-electron chi connectivity index (χ1n) is 8.59. The van der Waals surface area contributed by atoms with Crippen LogP contribution in [0.4, 0.5) is 5.69 Å². The van der Waals surface area contributed by atoms with Crippen molar-refractivity contribution in [2.45, 2.75) is 31.5 Å². The van der Waals surface area contributed by atoms with Gasteiger partial charge in [-0.15, -0.1) is 0 Å². The molecule has 144 valence electrons. The van der Waals surface area contributed by atoms with Gasteiger partial charge in [-0.1, -0.05) is 15.9 Å². The predicted molar refractivity (Wildman–Crippen MR) is 99.9 cm³/mol. The predicted octanol–water partition coefficient (Wildman–Crippen LogP) is 4.37. The van der Waals surface area contributed by atoms with Gasteiger partial charge in [0.05, 0.1) is 10.5 Å². The molecule has 0 N–H and O–H groups in total. The van der Waals surface area contributed by atoms with Crippen LogP contribution >= 0.6 is 15.9 Å². The normalized spacial score (nSPS) is 18.1. The van der Waals surface area contributed by atoms with E-state index in [0.29, 0.717) is 17.3 Å². The van der Waals surface area contributed by atoms with Gasteiger partial charge in [-0.3, -0.25) is 10.1 Å². The largest absolute Gasteiger partial charge is 0.456 e. The summed E-state index contributed by atoms with van der Waals surface area (Å²) in [6.45, 7) is 0. The maximum Gasteiger partial charge on any atom is 0.349 e. The Labute approximate surface area is 167 Å². The van der Waals surface area contributed by atoms with Gasteiger partial charge >= 0.3 is 11.9 Å². The van der Waals surface area contributed by atoms with Crippen molar-refractivity contribution in [3.8, 4) is 11.3 Å². The molecule has 2 heterocycles. The van der Waals surface area contributed by atoms with Gasteiger partial charge in [0.1, 0.15) is 17.1 Å². The van der Waals surface area contributed by atoms with Crippen molar-refractivity contribution in [1.29, 1.82) is 0 Å². The highest BCUT2D eigenvalue weighted by Crippen LogP contribution is 2.39. The molecule has 2 aliphatic rings. The number of hydrogen-bond donors (Lipinski definition) is 0. The molecule has 2 fully saturated rings. The van der Waals surface area contributed by atoms with E-state index in [0.717, 1.165) is 12.8 Å². The van der Waals surface area contributed by atoms with Crippen LogP contribution < -0.4 is 0 Å². The van der Waals surface area contributed by atoms with Crippen molar-refractivity contribution in [2.75, 3.05) is 0 Å². The maximum atomic E-state index is 12.3. The molecule has 1 spiro atoms. The molecule has 0 radical (unpaired) electrons. The van der Waals surface area contributed by atoms with Crippen molar-refractivity contribution >= 4 is 39.6 Å². The molecule has 0 amide bonds. The highest BCUT2D eigenvalue weighted by Gasteiger charge is 2.48. The van der Waals surface area contributed by atoms with Crippen LogP contribution in [0.25, 0.3) is 17.4 Å². The van der Waals surface area contributed by atoms with E-state index in [-0.39, 0.29) is 28.3 Å². The van der Waals surface area contributed by atoms with Gasteiger partial charge in [-0.05, 0) is 37.1 Å². The highest BCUT2D eigenvalue weighted by atomic mass is 79.9. The fourth-order valence-corrected chi connectivity index (χ4v) is 3.72. The number of halogens is 1. The average molecular weight is 448 g/mol. The maximum absolute atomic E-state index is 12.3. The molecule has 1 saturated heterocycles. The second-order valence-corrected chi connectivity index (χ2v) is 7.49. The molecular formula is C19H14BrNO7. The lowest BCUT2D eigenvalue weighted by atomic mass is 10.1. The van der Waals surface area contributed by atoms with Crippen LogP contribution in [0.2, 0.25) is 0 Å². The first-order valence-corrected chi connectivity index (χ1v) is 9.39. The molecule has 8 nitrogen and oxygen atoms in total. The van der Waals surface area contributed by atoms with E-state index >= 15 is 0 Å². The Hall–Kier alpha value is -2.94. The van der Waals surface area contributed by atoms with Crippen molar-refractivity contribution in [3.63, 3.8) is 0 Å². The lowest BCUT2D eigenvalue weighted by molar-refractivity contribution is -0.384. The first kappa shape index (κ1) is 18.4. The molecule has 0 unspecified atom stereocenters. The number of rotatable bonds is 3. The number of hydrogen-bond acceptors (Lipinski definition) is 7. The number of carbonyl (C=O) groups is 2. The van der Waals surface area contributed by atoms with E-state index in [2.05, 4.69) is 15.9 Å². The number of esters is 2. The lowest BCUT2D eigenvalue weighted by Gasteiger charge is -2.32. The van der Waals surface area contributed by atoms with Gasteiger partial charge in [0, 0.05) is 29.5 Å². The summed E-state index contributed by atoms with van der Waals surface area (Å²) >= 11 is 3.20. The molecule has 9 heteroatoms. The Balaban J connectivity index is 1.63. The van der Waals surface area contributed by atoms with E-state index in [1.54, 1.807) is 12.1 Å². The minimum atomic E-state index is -1.14. The minimum Gasteiger partial charge on any atom is -0.456 e. The molecule has 1 saturated carbocycles. The number of nitrogens with zero attached hydrogens (tertiary/aromatic N) is 1. The third-order valence-corrected chi connectivity index (χ3v) is 5.19. The summed E-state index contributed by atoms with van der Waals surface area (Å²) in [5, 5.41) is 11.3. The molecule has 28 heavy (non-hydrogen) atoms. The van der Waals surface area contributed by atoms with Crippen LogP contribution in [-0.2, 0) is 19.1 Å². The Bertz CT molecular complexity index is 995. The summed E-state index contributed by atoms with van der Waals surface area (Å²) in [5.74, 6) is -2.25. The third kappa shape index (κ3) is 3.33. The van der Waals surface area contributed by atoms with Gasteiger partial charge in [0.15, 0.2) is 0 Å². The van der Waals surface area contributed by atoms with Gasteiger partial charge in [-0.2, -0.15) is 0 Å². The Kier molecular flexibility index (Phi) is 4.54. The Morgan fingerprint density at radius 1 is 1.07 bits per heavy atom. The van der Waals surface area contributed by atoms with Crippen molar-refractivity contribution in [1.82, 2.24) is 0 Å². The highest BCUT2D eigenvalue weighted by molar-refractivity contribution is 9.10. The van der Waals surface area contributed by atoms with Crippen LogP contribution in [0.3, 0.4) is 0 Å². The number of nitro benzene ring substituents is 1. The van der Waals surface area contributed by atoms with Crippen molar-refractivity contribution in [3.05, 3.63) is 56.3 Å². The molecule has 0 bridgehead atoms. The summed E-state index contributed by atoms with van der Waals surface area (Å²) < 4.78 is 16.9. The van der Waals surface area contributed by atoms with Crippen LogP contribution in [0.1, 0.15) is 31.4 Å². The van der Waals surface area contributed by atoms with Crippen molar-refractivity contribution < 1.29 is 28.4 Å². The molecule has 1 aromatic carbocycles. The molecular weight excluding hydrogens is 434 g/mol. The molecule has 0 atom stereocenters. The SMILES string of the molecule is O=C1OC2(CCCC2)OC(=O)C1=Cc1ccc(-c2ccc(Br)cc2[N+](=O)[O-])o1. The summed E-state index contributed by atoms with van der Waals surface area (Å²) in [5.41, 5.74) is -0.136. The second kappa shape index (κ2) is 6.90. The summed E-state index contributed by atoms with van der Waals surface area (Å²) in [6, 6.07) is 7.60. The zero-order chi connectivity index (χ0) is 19.9. The van der Waals surface area contributed by atoms with E-state index in [1.165, 1.54) is 24.3 Å². The van der Waals surface area contributed by atoms with Crippen molar-refractivity contribution in [2.24, 2.45) is 0 Å². The summed E-state index contributed by atoms with van der Waals surface area (Å²) in [4.78, 5) is 35.4. The molecule has 4 rings (SSSR count). The van der Waals surface area contributed by atoms with E-state index < -0.39 is 22.6 Å². The second-order valence-electron chi connectivity index (χ2n) is 6.58. The van der Waals surface area contributed by atoms with Crippen LogP contribution in [0.5, 0.6) is 0 Å². The summed E-state index contributed by atoms with van der Waals surface area (Å²) in [7, 11) is 0. The monoisotopic (exact) mass is 447 g/mol. The van der Waals surface area contributed by atoms with Gasteiger partial charge in [0.2, 0.25) is 0 Å². The van der Waals surface area contributed by atoms with Gasteiger partial charge < -0.3 is 13.9 Å². The molecule has 1 aliphatic heterocycles. The van der Waals surface area contributed by atoms with Gasteiger partial charge in [0.25, 0.3) is 11.5 Å². The van der Waals surface area contributed by atoms with Gasteiger partial charge in [-0.25, -0.2) is 9.59 Å². The zero-order valence-corrected chi connectivity index (χ0v) is 16.1. The fourth-order valence-electron chi connectivity index (χ4n) is 3.37. The number of ether oxygens (including phenoxy) is 2. The number of benzene rings is 1. The van der Waals surface area contributed by atoms with E-state index in [9.17, 15) is 19.7 Å².